The highest BCUT2D eigenvalue weighted by molar-refractivity contribution is 5.44. The molecular formula is C7H8O2. The molecule has 9 heavy (non-hydrogen) atoms. The Morgan fingerprint density at radius 2 is 2.56 bits per heavy atom. The van der Waals surface area contributed by atoms with Gasteiger partial charge in [0, 0.05) is 5.56 Å². The summed E-state index contributed by atoms with van der Waals surface area (Å²) in [5.74, 6) is 0.650. The number of hydrogen-bond acceptors (Lipinski definition) is 2. The lowest BCUT2D eigenvalue weighted by molar-refractivity contribution is 0.280. The summed E-state index contributed by atoms with van der Waals surface area (Å²) in [5, 5.41) is 8.63. The van der Waals surface area contributed by atoms with Crippen molar-refractivity contribution < 1.29 is 9.52 Å². The zero-order valence-electron chi connectivity index (χ0n) is 5.00. The van der Waals surface area contributed by atoms with Crippen LogP contribution in [0.2, 0.25) is 0 Å². The standard InChI is InChI=1S/C7H8O2/c1-2-7-6(5-8)3-4-9-7/h2-4,8H,1,5H2. The van der Waals surface area contributed by atoms with Crippen molar-refractivity contribution in [2.45, 2.75) is 6.61 Å². The molecule has 0 atom stereocenters. The first-order valence-corrected chi connectivity index (χ1v) is 2.68. The molecule has 0 aliphatic heterocycles. The van der Waals surface area contributed by atoms with Crippen LogP contribution in [0.3, 0.4) is 0 Å². The van der Waals surface area contributed by atoms with Gasteiger partial charge in [0.15, 0.2) is 0 Å². The fraction of sp³-hybridized carbons (Fsp3) is 0.143. The van der Waals surface area contributed by atoms with E-state index in [2.05, 4.69) is 6.58 Å². The Morgan fingerprint density at radius 1 is 1.78 bits per heavy atom. The number of hydrogen-bond donors (Lipinski definition) is 1. The minimum Gasteiger partial charge on any atom is -0.465 e. The number of aliphatic hydroxyl groups excluding tert-OH is 1. The zero-order chi connectivity index (χ0) is 6.69. The molecule has 0 fully saturated rings. The van der Waals surface area contributed by atoms with Gasteiger partial charge in [-0.05, 0) is 12.1 Å². The summed E-state index contributed by atoms with van der Waals surface area (Å²) in [7, 11) is 0. The average molecular weight is 124 g/mol. The van der Waals surface area contributed by atoms with Crippen molar-refractivity contribution in [2.75, 3.05) is 0 Å². The summed E-state index contributed by atoms with van der Waals surface area (Å²) in [5.41, 5.74) is 0.782. The Labute approximate surface area is 53.4 Å². The van der Waals surface area contributed by atoms with Crippen LogP contribution in [0.25, 0.3) is 6.08 Å². The molecule has 0 amide bonds. The van der Waals surface area contributed by atoms with E-state index < -0.39 is 0 Å². The molecule has 0 aliphatic rings. The Hall–Kier alpha value is -1.02. The van der Waals surface area contributed by atoms with Gasteiger partial charge in [0.2, 0.25) is 0 Å². The van der Waals surface area contributed by atoms with E-state index >= 15 is 0 Å². The third-order valence-electron chi connectivity index (χ3n) is 1.14. The second-order valence-electron chi connectivity index (χ2n) is 1.67. The van der Waals surface area contributed by atoms with E-state index in [0.29, 0.717) is 5.76 Å². The highest BCUT2D eigenvalue weighted by Gasteiger charge is 1.97. The third-order valence-corrected chi connectivity index (χ3v) is 1.14. The summed E-state index contributed by atoms with van der Waals surface area (Å²) in [6, 6.07) is 1.72. The molecule has 48 valence electrons. The van der Waals surface area contributed by atoms with Crippen molar-refractivity contribution in [3.63, 3.8) is 0 Å². The quantitative estimate of drug-likeness (QED) is 0.646. The van der Waals surface area contributed by atoms with Crippen LogP contribution in [-0.4, -0.2) is 5.11 Å². The highest BCUT2D eigenvalue weighted by atomic mass is 16.3. The molecule has 0 radical (unpaired) electrons. The molecule has 2 nitrogen and oxygen atoms in total. The van der Waals surface area contributed by atoms with Crippen LogP contribution < -0.4 is 0 Å². The number of rotatable bonds is 2. The van der Waals surface area contributed by atoms with Gasteiger partial charge in [-0.3, -0.25) is 0 Å². The van der Waals surface area contributed by atoms with Crippen LogP contribution >= 0.6 is 0 Å². The molecule has 1 aromatic rings. The predicted molar refractivity (Wildman–Crippen MR) is 34.7 cm³/mol. The van der Waals surface area contributed by atoms with E-state index in [-0.39, 0.29) is 6.61 Å². The van der Waals surface area contributed by atoms with Crippen LogP contribution in [0.15, 0.2) is 23.3 Å². The van der Waals surface area contributed by atoms with Gasteiger partial charge in [-0.15, -0.1) is 0 Å². The molecule has 0 aromatic carbocycles. The van der Waals surface area contributed by atoms with E-state index in [4.69, 9.17) is 9.52 Å². The number of aliphatic hydroxyl groups is 1. The molecule has 0 spiro atoms. The molecule has 1 heterocycles. The van der Waals surface area contributed by atoms with E-state index in [1.165, 1.54) is 6.26 Å². The zero-order valence-corrected chi connectivity index (χ0v) is 5.00. The fourth-order valence-corrected chi connectivity index (χ4v) is 0.657. The average Bonchev–Trinajstić information content (AvgIpc) is 2.33. The molecule has 2 heteroatoms. The van der Waals surface area contributed by atoms with Crippen LogP contribution in [0.5, 0.6) is 0 Å². The van der Waals surface area contributed by atoms with Crippen molar-refractivity contribution in [1.29, 1.82) is 0 Å². The topological polar surface area (TPSA) is 33.4 Å². The Kier molecular flexibility index (Phi) is 1.70. The van der Waals surface area contributed by atoms with Crippen molar-refractivity contribution in [1.82, 2.24) is 0 Å². The lowest BCUT2D eigenvalue weighted by Crippen LogP contribution is -1.79. The lowest BCUT2D eigenvalue weighted by Gasteiger charge is -1.87. The molecular weight excluding hydrogens is 116 g/mol. The summed E-state index contributed by atoms with van der Waals surface area (Å²) in [6.07, 6.45) is 3.11. The highest BCUT2D eigenvalue weighted by Crippen LogP contribution is 2.10. The summed E-state index contributed by atoms with van der Waals surface area (Å²) < 4.78 is 4.93. The molecule has 0 aliphatic carbocycles. The van der Waals surface area contributed by atoms with E-state index in [0.717, 1.165) is 5.56 Å². The predicted octanol–water partition coefficient (Wildman–Crippen LogP) is 1.41. The first-order valence-electron chi connectivity index (χ1n) is 2.68. The maximum atomic E-state index is 8.63. The van der Waals surface area contributed by atoms with E-state index in [1.807, 2.05) is 0 Å². The maximum Gasteiger partial charge on any atom is 0.131 e. The van der Waals surface area contributed by atoms with Crippen molar-refractivity contribution in [3.05, 3.63) is 30.2 Å². The van der Waals surface area contributed by atoms with Crippen LogP contribution in [-0.2, 0) is 6.61 Å². The monoisotopic (exact) mass is 124 g/mol. The van der Waals surface area contributed by atoms with Gasteiger partial charge in [-0.1, -0.05) is 6.58 Å². The summed E-state index contributed by atoms with van der Waals surface area (Å²) >= 11 is 0. The fourth-order valence-electron chi connectivity index (χ4n) is 0.657. The van der Waals surface area contributed by atoms with Gasteiger partial charge >= 0.3 is 0 Å². The lowest BCUT2D eigenvalue weighted by atomic mass is 10.3. The molecule has 0 saturated heterocycles. The van der Waals surface area contributed by atoms with Gasteiger partial charge in [-0.2, -0.15) is 0 Å². The molecule has 0 unspecified atom stereocenters. The smallest absolute Gasteiger partial charge is 0.131 e. The Morgan fingerprint density at radius 3 is 3.00 bits per heavy atom. The maximum absolute atomic E-state index is 8.63. The molecule has 0 saturated carbocycles. The molecule has 1 N–H and O–H groups in total. The third kappa shape index (κ3) is 1.03. The summed E-state index contributed by atoms with van der Waals surface area (Å²) in [4.78, 5) is 0. The van der Waals surface area contributed by atoms with E-state index in [1.54, 1.807) is 12.1 Å². The summed E-state index contributed by atoms with van der Waals surface area (Å²) in [6.45, 7) is 3.52. The van der Waals surface area contributed by atoms with E-state index in [9.17, 15) is 0 Å². The van der Waals surface area contributed by atoms with Gasteiger partial charge < -0.3 is 9.52 Å². The van der Waals surface area contributed by atoms with Gasteiger partial charge in [0.1, 0.15) is 5.76 Å². The first-order chi connectivity index (χ1) is 4.38. The second-order valence-corrected chi connectivity index (χ2v) is 1.67. The van der Waals surface area contributed by atoms with Gasteiger partial charge in [0.25, 0.3) is 0 Å². The largest absolute Gasteiger partial charge is 0.465 e. The number of furan rings is 1. The van der Waals surface area contributed by atoms with Crippen molar-refractivity contribution in [2.24, 2.45) is 0 Å². The minimum atomic E-state index is 0.0118. The first kappa shape index (κ1) is 6.11. The van der Waals surface area contributed by atoms with Gasteiger partial charge in [-0.25, -0.2) is 0 Å². The molecule has 0 bridgehead atoms. The second kappa shape index (κ2) is 2.51. The Balaban J connectivity index is 2.98. The van der Waals surface area contributed by atoms with Gasteiger partial charge in [0.05, 0.1) is 12.9 Å². The van der Waals surface area contributed by atoms with Crippen LogP contribution in [0.1, 0.15) is 11.3 Å². The normalized spacial score (nSPS) is 9.44. The molecule has 1 rings (SSSR count). The van der Waals surface area contributed by atoms with Crippen LogP contribution in [0.4, 0.5) is 0 Å². The van der Waals surface area contributed by atoms with Crippen molar-refractivity contribution >= 4 is 6.08 Å². The van der Waals surface area contributed by atoms with Crippen LogP contribution in [0, 0.1) is 0 Å². The SMILES string of the molecule is C=Cc1occc1CO. The molecule has 1 aromatic heterocycles. The minimum absolute atomic E-state index is 0.0118. The van der Waals surface area contributed by atoms with Crippen molar-refractivity contribution in [3.8, 4) is 0 Å². The Bertz CT molecular complexity index is 200.